The fourth-order valence-electron chi connectivity index (χ4n) is 0.372. The summed E-state index contributed by atoms with van der Waals surface area (Å²) in [4.78, 5) is 7.13. The zero-order valence-electron chi connectivity index (χ0n) is 7.13. The average Bonchev–Trinajstić information content (AvgIpc) is 1.86. The quantitative estimate of drug-likeness (QED) is 0.494. The topological polar surface area (TPSA) is 51.8 Å². The molecule has 0 saturated heterocycles. The van der Waals surface area contributed by atoms with E-state index in [1.807, 2.05) is 0 Å². The van der Waals surface area contributed by atoms with Gasteiger partial charge < -0.3 is 5.73 Å². The third kappa shape index (κ3) is 0.932. The molecule has 0 aromatic carbocycles. The zero-order chi connectivity index (χ0) is 8.48. The van der Waals surface area contributed by atoms with Crippen molar-refractivity contribution in [2.45, 2.75) is 6.85 Å². The minimum absolute atomic E-state index is 0.0231. The Kier molecular flexibility index (Phi) is 0.541. The first-order chi connectivity index (χ1) is 5.00. The van der Waals surface area contributed by atoms with E-state index < -0.39 is 6.85 Å². The number of aryl methyl sites for hydroxylation is 1. The highest BCUT2D eigenvalue weighted by molar-refractivity contribution is 5.26. The fraction of sp³-hybridized carbons (Fsp3) is 0.200. The van der Waals surface area contributed by atoms with E-state index >= 15 is 0 Å². The van der Waals surface area contributed by atoms with E-state index in [2.05, 4.69) is 9.97 Å². The van der Waals surface area contributed by atoms with Crippen LogP contribution < -0.4 is 5.73 Å². The second-order valence-electron chi connectivity index (χ2n) is 1.33. The molecule has 42 valence electrons. The van der Waals surface area contributed by atoms with E-state index in [1.165, 1.54) is 6.07 Å². The minimum atomic E-state index is -2.20. The SMILES string of the molecule is [2H][13C]([2H])([2H])c1cc(N)ncn1. The zero-order valence-corrected chi connectivity index (χ0v) is 4.13. The van der Waals surface area contributed by atoms with Crippen LogP contribution in [-0.4, -0.2) is 9.97 Å². The van der Waals surface area contributed by atoms with Gasteiger partial charge in [0.2, 0.25) is 0 Å². The highest BCUT2D eigenvalue weighted by Crippen LogP contribution is 1.94. The van der Waals surface area contributed by atoms with Gasteiger partial charge in [0.05, 0.1) is 0 Å². The lowest BCUT2D eigenvalue weighted by Crippen LogP contribution is -1.90. The number of nitrogens with two attached hydrogens (primary N) is 1. The van der Waals surface area contributed by atoms with Crippen molar-refractivity contribution >= 4 is 5.82 Å². The molecule has 0 aliphatic heterocycles. The van der Waals surface area contributed by atoms with Crippen molar-refractivity contribution in [2.75, 3.05) is 5.73 Å². The summed E-state index contributed by atoms with van der Waals surface area (Å²) in [6.07, 6.45) is 1.14. The maximum Gasteiger partial charge on any atom is 0.126 e. The molecule has 3 nitrogen and oxygen atoms in total. The molecule has 0 saturated carbocycles. The molecule has 0 bridgehead atoms. The van der Waals surface area contributed by atoms with Gasteiger partial charge in [-0.3, -0.25) is 0 Å². The van der Waals surface area contributed by atoms with Crippen LogP contribution in [0.2, 0.25) is 0 Å². The van der Waals surface area contributed by atoms with E-state index in [0.29, 0.717) is 0 Å². The summed E-state index contributed by atoms with van der Waals surface area (Å²) in [7, 11) is 0. The number of nitrogen functional groups attached to an aromatic ring is 1. The molecule has 0 radical (unpaired) electrons. The van der Waals surface area contributed by atoms with Crippen LogP contribution in [0.4, 0.5) is 5.82 Å². The lowest BCUT2D eigenvalue weighted by Gasteiger charge is -1.89. The summed E-state index contributed by atoms with van der Waals surface area (Å²) in [5.41, 5.74) is 5.23. The Bertz CT molecular complexity index is 257. The maximum atomic E-state index is 6.96. The molecule has 0 aliphatic rings. The molecular weight excluding hydrogens is 103 g/mol. The van der Waals surface area contributed by atoms with Crippen molar-refractivity contribution in [3.05, 3.63) is 18.1 Å². The fourth-order valence-corrected chi connectivity index (χ4v) is 0.372. The molecule has 3 heteroatoms. The standard InChI is InChI=1S/C5H7N3/c1-4-2-5(6)8-3-7-4/h2-3H,1H3,(H2,6,7,8)/i1+1D3. The van der Waals surface area contributed by atoms with Crippen LogP contribution in [0.5, 0.6) is 0 Å². The van der Waals surface area contributed by atoms with Crippen molar-refractivity contribution < 1.29 is 4.11 Å². The molecule has 0 unspecified atom stereocenters. The number of aromatic nitrogens is 2. The van der Waals surface area contributed by atoms with Crippen LogP contribution in [0, 0.1) is 6.85 Å². The van der Waals surface area contributed by atoms with Crippen molar-refractivity contribution in [1.29, 1.82) is 0 Å². The second-order valence-corrected chi connectivity index (χ2v) is 1.33. The Morgan fingerprint density at radius 2 is 2.62 bits per heavy atom. The summed E-state index contributed by atoms with van der Waals surface area (Å²) >= 11 is 0. The van der Waals surface area contributed by atoms with Gasteiger partial charge in [0.15, 0.2) is 0 Å². The lowest BCUT2D eigenvalue weighted by molar-refractivity contribution is 1.11. The Labute approximate surface area is 51.8 Å². The summed E-state index contributed by atoms with van der Waals surface area (Å²) < 4.78 is 20.9. The molecule has 0 atom stereocenters. The van der Waals surface area contributed by atoms with E-state index in [0.717, 1.165) is 6.33 Å². The number of nitrogens with zero attached hydrogens (tertiary/aromatic N) is 2. The van der Waals surface area contributed by atoms with Crippen LogP contribution >= 0.6 is 0 Å². The number of hydrogen-bond donors (Lipinski definition) is 1. The van der Waals surface area contributed by atoms with Gasteiger partial charge in [-0.1, -0.05) is 0 Å². The number of hydrogen-bond acceptors (Lipinski definition) is 3. The van der Waals surface area contributed by atoms with Crippen molar-refractivity contribution in [1.82, 2.24) is 9.97 Å². The molecule has 0 fully saturated rings. The van der Waals surface area contributed by atoms with Crippen molar-refractivity contribution in [3.8, 4) is 0 Å². The molecule has 1 aromatic heterocycles. The first kappa shape index (κ1) is 2.44. The highest BCUT2D eigenvalue weighted by atomic mass is 14.9. The van der Waals surface area contributed by atoms with Crippen molar-refractivity contribution in [2.24, 2.45) is 0 Å². The Morgan fingerprint density at radius 3 is 3.12 bits per heavy atom. The Morgan fingerprint density at radius 1 is 1.75 bits per heavy atom. The highest BCUT2D eigenvalue weighted by Gasteiger charge is 1.83. The van der Waals surface area contributed by atoms with E-state index in [-0.39, 0.29) is 11.5 Å². The van der Waals surface area contributed by atoms with E-state index in [9.17, 15) is 0 Å². The van der Waals surface area contributed by atoms with E-state index in [1.54, 1.807) is 0 Å². The average molecular weight is 113 g/mol. The first-order valence-electron chi connectivity index (χ1n) is 3.58. The van der Waals surface area contributed by atoms with Gasteiger partial charge >= 0.3 is 0 Å². The molecule has 8 heavy (non-hydrogen) atoms. The second kappa shape index (κ2) is 1.78. The van der Waals surface area contributed by atoms with Gasteiger partial charge in [-0.05, 0) is 6.85 Å². The summed E-state index contributed by atoms with van der Waals surface area (Å²) in [6.45, 7) is -2.20. The van der Waals surface area contributed by atoms with Gasteiger partial charge in [-0.15, -0.1) is 0 Å². The largest absolute Gasteiger partial charge is 0.384 e. The molecule has 0 spiro atoms. The van der Waals surface area contributed by atoms with Crippen LogP contribution in [0.3, 0.4) is 0 Å². The summed E-state index contributed by atoms with van der Waals surface area (Å²) in [5, 5.41) is 0. The number of rotatable bonds is 0. The van der Waals surface area contributed by atoms with Crippen LogP contribution in [0.25, 0.3) is 0 Å². The van der Waals surface area contributed by atoms with Crippen LogP contribution in [0.1, 0.15) is 9.81 Å². The smallest absolute Gasteiger partial charge is 0.126 e. The van der Waals surface area contributed by atoms with Crippen LogP contribution in [-0.2, 0) is 0 Å². The van der Waals surface area contributed by atoms with Crippen LogP contribution in [0.15, 0.2) is 12.4 Å². The molecule has 0 aliphatic carbocycles. The Hall–Kier alpha value is -1.12. The third-order valence-corrected chi connectivity index (χ3v) is 0.688. The molecule has 0 amide bonds. The predicted octanol–water partition coefficient (Wildman–Crippen LogP) is 0.367. The number of anilines is 1. The molecule has 1 heterocycles. The van der Waals surface area contributed by atoms with Gasteiger partial charge in [-0.2, -0.15) is 0 Å². The molecule has 1 aromatic rings. The third-order valence-electron chi connectivity index (χ3n) is 0.688. The normalized spacial score (nSPS) is 16.2. The molecule has 2 N–H and O–H groups in total. The lowest BCUT2D eigenvalue weighted by atomic mass is 10.5. The van der Waals surface area contributed by atoms with E-state index in [4.69, 9.17) is 9.85 Å². The predicted molar refractivity (Wildman–Crippen MR) is 31.2 cm³/mol. The Balaban J connectivity index is 3.06. The van der Waals surface area contributed by atoms with Gasteiger partial charge in [0.1, 0.15) is 12.1 Å². The molecular formula is C5H7N3. The van der Waals surface area contributed by atoms with Gasteiger partial charge in [0, 0.05) is 15.9 Å². The first-order valence-corrected chi connectivity index (χ1v) is 2.08. The van der Waals surface area contributed by atoms with Gasteiger partial charge in [0.25, 0.3) is 0 Å². The van der Waals surface area contributed by atoms with Crippen molar-refractivity contribution in [3.63, 3.8) is 0 Å². The summed E-state index contributed by atoms with van der Waals surface area (Å²) in [5.74, 6) is 0.172. The monoisotopic (exact) mass is 113 g/mol. The summed E-state index contributed by atoms with van der Waals surface area (Å²) in [6, 6.07) is 1.24. The maximum absolute atomic E-state index is 6.96. The van der Waals surface area contributed by atoms with Gasteiger partial charge in [-0.25, -0.2) is 9.97 Å². The minimum Gasteiger partial charge on any atom is -0.384 e. The molecule has 1 rings (SSSR count).